The minimum Gasteiger partial charge on any atom is -0.348 e. The fraction of sp³-hybridized carbons (Fsp3) is 0.739. The van der Waals surface area contributed by atoms with E-state index < -0.39 is 5.79 Å². The number of aryl methyl sites for hydroxylation is 1. The Morgan fingerprint density at radius 3 is 2.28 bits per heavy atom. The Kier molecular flexibility index (Phi) is 6.14. The van der Waals surface area contributed by atoms with Crippen LogP contribution >= 0.6 is 11.3 Å². The van der Waals surface area contributed by atoms with Gasteiger partial charge in [-0.15, -0.1) is 11.3 Å². The standard InChI is InChI=1S/C23H33NO4S/c1-15-4-6-18(7-5-15)22(26)24(20-14-16(2)29-21(20)17(3)25)19-8-10-23(11-9-19)27-12-13-28-23/h14-15,18-19H,4-13H2,1-3H3. The molecule has 0 N–H and O–H groups in total. The highest BCUT2D eigenvalue weighted by atomic mass is 32.1. The number of thiophene rings is 1. The summed E-state index contributed by atoms with van der Waals surface area (Å²) in [7, 11) is 0. The molecule has 29 heavy (non-hydrogen) atoms. The van der Waals surface area contributed by atoms with Crippen molar-refractivity contribution < 1.29 is 19.1 Å². The van der Waals surface area contributed by atoms with Gasteiger partial charge in [-0.1, -0.05) is 6.92 Å². The van der Waals surface area contributed by atoms with E-state index in [0.717, 1.165) is 61.9 Å². The van der Waals surface area contributed by atoms with Gasteiger partial charge in [-0.05, 0) is 57.4 Å². The molecule has 1 aliphatic heterocycles. The third-order valence-corrected chi connectivity index (χ3v) is 8.05. The van der Waals surface area contributed by atoms with Crippen molar-refractivity contribution in [2.45, 2.75) is 84.0 Å². The molecule has 2 saturated carbocycles. The van der Waals surface area contributed by atoms with Gasteiger partial charge < -0.3 is 14.4 Å². The molecule has 2 heterocycles. The minimum absolute atomic E-state index is 0.0444. The number of ether oxygens (including phenoxy) is 2. The fourth-order valence-corrected chi connectivity index (χ4v) is 6.12. The molecule has 0 bridgehead atoms. The number of carbonyl (C=O) groups is 2. The first-order valence-electron chi connectivity index (χ1n) is 11.1. The van der Waals surface area contributed by atoms with E-state index >= 15 is 0 Å². The van der Waals surface area contributed by atoms with Crippen molar-refractivity contribution in [1.82, 2.24) is 0 Å². The van der Waals surface area contributed by atoms with Crippen LogP contribution in [0.5, 0.6) is 0 Å². The van der Waals surface area contributed by atoms with E-state index in [9.17, 15) is 9.59 Å². The Bertz CT molecular complexity index is 749. The smallest absolute Gasteiger partial charge is 0.230 e. The molecule has 0 unspecified atom stereocenters. The molecule has 2 aliphatic carbocycles. The minimum atomic E-state index is -0.445. The molecule has 0 atom stereocenters. The lowest BCUT2D eigenvalue weighted by Crippen LogP contribution is -2.49. The van der Waals surface area contributed by atoms with Crippen LogP contribution in [0.25, 0.3) is 0 Å². The average molecular weight is 420 g/mol. The lowest BCUT2D eigenvalue weighted by molar-refractivity contribution is -0.179. The number of nitrogens with zero attached hydrogens (tertiary/aromatic N) is 1. The van der Waals surface area contributed by atoms with Gasteiger partial charge in [0.25, 0.3) is 0 Å². The van der Waals surface area contributed by atoms with E-state index in [1.165, 1.54) is 11.3 Å². The quantitative estimate of drug-likeness (QED) is 0.637. The second-order valence-corrected chi connectivity index (χ2v) is 10.4. The van der Waals surface area contributed by atoms with E-state index in [4.69, 9.17) is 9.47 Å². The molecule has 1 spiro atoms. The second-order valence-electron chi connectivity index (χ2n) is 9.13. The summed E-state index contributed by atoms with van der Waals surface area (Å²) in [5, 5.41) is 0. The summed E-state index contributed by atoms with van der Waals surface area (Å²) in [6.45, 7) is 7.21. The Morgan fingerprint density at radius 2 is 1.69 bits per heavy atom. The molecule has 1 aromatic heterocycles. The highest BCUT2D eigenvalue weighted by Crippen LogP contribution is 2.42. The SMILES string of the molecule is CC(=O)c1sc(C)cc1N(C(=O)C1CCC(C)CC1)C1CCC2(CC1)OCCO2. The molecule has 6 heteroatoms. The Hall–Kier alpha value is -1.24. The van der Waals surface area contributed by atoms with Gasteiger partial charge in [0.15, 0.2) is 11.6 Å². The van der Waals surface area contributed by atoms with Crippen LogP contribution in [-0.4, -0.2) is 36.7 Å². The molecule has 0 aromatic carbocycles. The summed E-state index contributed by atoms with van der Waals surface area (Å²) in [4.78, 5) is 29.9. The van der Waals surface area contributed by atoms with Gasteiger partial charge in [0.2, 0.25) is 5.91 Å². The first kappa shape index (κ1) is 21.0. The van der Waals surface area contributed by atoms with Gasteiger partial charge in [0, 0.05) is 36.6 Å². The number of anilines is 1. The summed E-state index contributed by atoms with van der Waals surface area (Å²) in [5.74, 6) is 0.588. The predicted octanol–water partition coefficient (Wildman–Crippen LogP) is 5.10. The molecule has 1 amide bonds. The maximum Gasteiger partial charge on any atom is 0.230 e. The van der Waals surface area contributed by atoms with Crippen molar-refractivity contribution in [3.8, 4) is 0 Å². The zero-order valence-corrected chi connectivity index (χ0v) is 18.7. The predicted molar refractivity (Wildman–Crippen MR) is 115 cm³/mol. The van der Waals surface area contributed by atoms with E-state index in [-0.39, 0.29) is 23.7 Å². The van der Waals surface area contributed by atoms with Gasteiger partial charge in [0.1, 0.15) is 0 Å². The zero-order valence-electron chi connectivity index (χ0n) is 17.9. The Balaban J connectivity index is 1.61. The molecule has 3 aliphatic rings. The number of carbonyl (C=O) groups excluding carboxylic acids is 2. The van der Waals surface area contributed by atoms with Crippen LogP contribution in [0, 0.1) is 18.8 Å². The van der Waals surface area contributed by atoms with Gasteiger partial charge in [0.05, 0.1) is 23.8 Å². The van der Waals surface area contributed by atoms with Crippen molar-refractivity contribution >= 4 is 28.7 Å². The number of hydrogen-bond acceptors (Lipinski definition) is 5. The van der Waals surface area contributed by atoms with E-state index in [2.05, 4.69) is 6.92 Å². The van der Waals surface area contributed by atoms with Crippen LogP contribution < -0.4 is 4.90 Å². The molecule has 3 fully saturated rings. The molecule has 4 rings (SSSR count). The lowest BCUT2D eigenvalue weighted by atomic mass is 9.81. The second kappa shape index (κ2) is 8.48. The molecular weight excluding hydrogens is 386 g/mol. The van der Waals surface area contributed by atoms with E-state index in [0.29, 0.717) is 24.0 Å². The summed E-state index contributed by atoms with van der Waals surface area (Å²) < 4.78 is 11.8. The van der Waals surface area contributed by atoms with Crippen LogP contribution in [0.4, 0.5) is 5.69 Å². The molecule has 0 radical (unpaired) electrons. The van der Waals surface area contributed by atoms with Gasteiger partial charge in [-0.25, -0.2) is 0 Å². The molecule has 1 saturated heterocycles. The van der Waals surface area contributed by atoms with Crippen LogP contribution in [0.3, 0.4) is 0 Å². The molecule has 160 valence electrons. The largest absolute Gasteiger partial charge is 0.348 e. The van der Waals surface area contributed by atoms with Crippen molar-refractivity contribution in [1.29, 1.82) is 0 Å². The highest BCUT2D eigenvalue weighted by Gasteiger charge is 2.44. The average Bonchev–Trinajstić information content (AvgIpc) is 3.31. The summed E-state index contributed by atoms with van der Waals surface area (Å²) >= 11 is 1.51. The first-order chi connectivity index (χ1) is 13.9. The normalized spacial score (nSPS) is 27.3. The van der Waals surface area contributed by atoms with Crippen LogP contribution in [0.2, 0.25) is 0 Å². The molecular formula is C23H33NO4S. The lowest BCUT2D eigenvalue weighted by Gasteiger charge is -2.42. The summed E-state index contributed by atoms with van der Waals surface area (Å²) in [6, 6.07) is 2.14. The van der Waals surface area contributed by atoms with Gasteiger partial charge in [-0.3, -0.25) is 9.59 Å². The van der Waals surface area contributed by atoms with Crippen molar-refractivity contribution in [2.24, 2.45) is 11.8 Å². The maximum atomic E-state index is 13.8. The maximum absolute atomic E-state index is 13.8. The Labute approximate surface area is 177 Å². The summed E-state index contributed by atoms with van der Waals surface area (Å²) in [5.41, 5.74) is 0.831. The number of ketones is 1. The topological polar surface area (TPSA) is 55.8 Å². The molecule has 5 nitrogen and oxygen atoms in total. The van der Waals surface area contributed by atoms with Crippen LogP contribution in [0.15, 0.2) is 6.07 Å². The number of hydrogen-bond donors (Lipinski definition) is 0. The third kappa shape index (κ3) is 4.30. The third-order valence-electron chi connectivity index (χ3n) is 6.91. The Morgan fingerprint density at radius 1 is 1.07 bits per heavy atom. The van der Waals surface area contributed by atoms with Gasteiger partial charge in [-0.2, -0.15) is 0 Å². The van der Waals surface area contributed by atoms with Crippen molar-refractivity contribution in [2.75, 3.05) is 18.1 Å². The van der Waals surface area contributed by atoms with E-state index in [1.54, 1.807) is 6.92 Å². The van der Waals surface area contributed by atoms with E-state index in [1.807, 2.05) is 17.9 Å². The number of Topliss-reactive ketones (excluding diaryl/α,β-unsaturated/α-hetero) is 1. The first-order valence-corrected chi connectivity index (χ1v) is 11.9. The monoisotopic (exact) mass is 419 g/mol. The summed E-state index contributed by atoms with van der Waals surface area (Å²) in [6.07, 6.45) is 7.45. The van der Waals surface area contributed by atoms with Crippen LogP contribution in [-0.2, 0) is 14.3 Å². The fourth-order valence-electron chi connectivity index (χ4n) is 5.22. The van der Waals surface area contributed by atoms with Gasteiger partial charge >= 0.3 is 0 Å². The molecule has 1 aromatic rings. The van der Waals surface area contributed by atoms with Crippen LogP contribution in [0.1, 0.15) is 79.8 Å². The number of amides is 1. The number of rotatable bonds is 4. The van der Waals surface area contributed by atoms with Crippen molar-refractivity contribution in [3.05, 3.63) is 15.8 Å². The zero-order chi connectivity index (χ0) is 20.6. The highest BCUT2D eigenvalue weighted by molar-refractivity contribution is 7.14. The van der Waals surface area contributed by atoms with Crippen molar-refractivity contribution in [3.63, 3.8) is 0 Å².